The van der Waals surface area contributed by atoms with Gasteiger partial charge in [-0.25, -0.2) is 0 Å². The molecule has 0 aromatic heterocycles. The van der Waals surface area contributed by atoms with Crippen LogP contribution in [0.5, 0.6) is 0 Å². The Morgan fingerprint density at radius 1 is 1.23 bits per heavy atom. The molecule has 4 unspecified atom stereocenters. The Morgan fingerprint density at radius 2 is 1.77 bits per heavy atom. The third-order valence-corrected chi connectivity index (χ3v) is 4.76. The highest BCUT2D eigenvalue weighted by Gasteiger charge is 2.62. The van der Waals surface area contributed by atoms with Gasteiger partial charge in [-0.15, -0.1) is 0 Å². The number of carbonyl (C=O) groups excluding carboxylic acids is 3. The second kappa shape index (κ2) is 5.35. The molecule has 0 aliphatic carbocycles. The summed E-state index contributed by atoms with van der Waals surface area (Å²) in [6.45, 7) is -0.272. The number of carboxylic acids is 1. The zero-order valence-corrected chi connectivity index (χ0v) is 12.2. The molecule has 4 atom stereocenters. The molecule has 0 spiro atoms. The smallest absolute Gasteiger partial charge is 0.305 e. The SMILES string of the molecule is CN(CCC(=O)O)C(=O)CN1C(=O)C2C3CCC(O3)C2C1=O. The van der Waals surface area contributed by atoms with Crippen molar-refractivity contribution in [1.29, 1.82) is 0 Å². The lowest BCUT2D eigenvalue weighted by Gasteiger charge is -2.21. The molecule has 2 bridgehead atoms. The highest BCUT2D eigenvalue weighted by atomic mass is 16.5. The van der Waals surface area contributed by atoms with E-state index in [2.05, 4.69) is 0 Å². The number of fused-ring (bicyclic) bond motifs is 5. The Morgan fingerprint density at radius 3 is 2.27 bits per heavy atom. The number of amides is 3. The van der Waals surface area contributed by atoms with Crippen LogP contribution in [0.1, 0.15) is 19.3 Å². The van der Waals surface area contributed by atoms with Gasteiger partial charge in [0.1, 0.15) is 6.54 Å². The molecule has 3 saturated heterocycles. The molecular formula is C14H18N2O6. The molecule has 0 aromatic rings. The Balaban J connectivity index is 1.63. The maximum Gasteiger partial charge on any atom is 0.305 e. The number of carbonyl (C=O) groups is 4. The van der Waals surface area contributed by atoms with Gasteiger partial charge >= 0.3 is 5.97 Å². The van der Waals surface area contributed by atoms with Crippen molar-refractivity contribution < 1.29 is 29.0 Å². The zero-order chi connectivity index (χ0) is 16.0. The molecular weight excluding hydrogens is 292 g/mol. The average Bonchev–Trinajstić information content (AvgIpc) is 3.14. The van der Waals surface area contributed by atoms with Crippen LogP contribution < -0.4 is 0 Å². The molecule has 3 rings (SSSR count). The summed E-state index contributed by atoms with van der Waals surface area (Å²) < 4.78 is 5.62. The van der Waals surface area contributed by atoms with E-state index in [1.54, 1.807) is 0 Å². The highest BCUT2D eigenvalue weighted by molar-refractivity contribution is 6.08. The molecule has 22 heavy (non-hydrogen) atoms. The number of ether oxygens (including phenoxy) is 1. The quantitative estimate of drug-likeness (QED) is 0.659. The van der Waals surface area contributed by atoms with E-state index in [0.717, 1.165) is 17.7 Å². The van der Waals surface area contributed by atoms with Gasteiger partial charge in [0.15, 0.2) is 0 Å². The van der Waals surface area contributed by atoms with Crippen molar-refractivity contribution in [3.8, 4) is 0 Å². The second-order valence-corrected chi connectivity index (χ2v) is 6.06. The third kappa shape index (κ3) is 2.27. The molecule has 3 amide bonds. The first-order valence-electron chi connectivity index (χ1n) is 7.36. The van der Waals surface area contributed by atoms with Crippen molar-refractivity contribution in [2.75, 3.05) is 20.1 Å². The molecule has 3 fully saturated rings. The van der Waals surface area contributed by atoms with Crippen molar-refractivity contribution in [3.05, 3.63) is 0 Å². The molecule has 3 heterocycles. The van der Waals surface area contributed by atoms with Gasteiger partial charge in [-0.2, -0.15) is 0 Å². The number of likely N-dealkylation sites (tertiary alicyclic amines) is 1. The fraction of sp³-hybridized carbons (Fsp3) is 0.714. The van der Waals surface area contributed by atoms with Crippen LogP contribution in [0.2, 0.25) is 0 Å². The molecule has 0 saturated carbocycles. The Kier molecular flexibility index (Phi) is 3.64. The predicted molar refractivity (Wildman–Crippen MR) is 71.5 cm³/mol. The summed E-state index contributed by atoms with van der Waals surface area (Å²) in [5.41, 5.74) is 0. The van der Waals surface area contributed by atoms with Crippen LogP contribution in [-0.2, 0) is 23.9 Å². The minimum atomic E-state index is -1.00. The van der Waals surface area contributed by atoms with Gasteiger partial charge in [-0.05, 0) is 12.8 Å². The van der Waals surface area contributed by atoms with Crippen molar-refractivity contribution in [3.63, 3.8) is 0 Å². The predicted octanol–water partition coefficient (Wildman–Crippen LogP) is -0.918. The minimum Gasteiger partial charge on any atom is -0.481 e. The lowest BCUT2D eigenvalue weighted by Crippen LogP contribution is -2.43. The third-order valence-electron chi connectivity index (χ3n) is 4.76. The number of nitrogens with zero attached hydrogens (tertiary/aromatic N) is 2. The van der Waals surface area contributed by atoms with E-state index in [9.17, 15) is 19.2 Å². The van der Waals surface area contributed by atoms with Crippen molar-refractivity contribution in [1.82, 2.24) is 9.80 Å². The maximum atomic E-state index is 12.4. The summed E-state index contributed by atoms with van der Waals surface area (Å²) in [7, 11) is 1.46. The van der Waals surface area contributed by atoms with Gasteiger partial charge in [0.2, 0.25) is 17.7 Å². The van der Waals surface area contributed by atoms with E-state index < -0.39 is 23.7 Å². The summed E-state index contributed by atoms with van der Waals surface area (Å²) in [5, 5.41) is 8.62. The van der Waals surface area contributed by atoms with Crippen LogP contribution in [-0.4, -0.2) is 70.9 Å². The van der Waals surface area contributed by atoms with E-state index in [1.165, 1.54) is 11.9 Å². The lowest BCUT2D eigenvalue weighted by atomic mass is 9.81. The number of rotatable bonds is 5. The molecule has 3 aliphatic heterocycles. The summed E-state index contributed by atoms with van der Waals surface area (Å²) in [5.74, 6) is -2.98. The van der Waals surface area contributed by atoms with Gasteiger partial charge in [-0.1, -0.05) is 0 Å². The number of hydrogen-bond acceptors (Lipinski definition) is 5. The van der Waals surface area contributed by atoms with Gasteiger partial charge in [-0.3, -0.25) is 24.1 Å². The monoisotopic (exact) mass is 310 g/mol. The first-order valence-corrected chi connectivity index (χ1v) is 7.36. The highest BCUT2D eigenvalue weighted by Crippen LogP contribution is 2.48. The Bertz CT molecular complexity index is 519. The summed E-state index contributed by atoms with van der Waals surface area (Å²) in [6, 6.07) is 0. The van der Waals surface area contributed by atoms with Crippen LogP contribution >= 0.6 is 0 Å². The van der Waals surface area contributed by atoms with Crippen molar-refractivity contribution in [2.24, 2.45) is 11.8 Å². The summed E-state index contributed by atoms with van der Waals surface area (Å²) in [4.78, 5) is 49.6. The molecule has 120 valence electrons. The van der Waals surface area contributed by atoms with E-state index >= 15 is 0 Å². The first-order chi connectivity index (χ1) is 10.4. The van der Waals surface area contributed by atoms with Crippen LogP contribution in [0.25, 0.3) is 0 Å². The molecule has 0 radical (unpaired) electrons. The molecule has 8 heteroatoms. The zero-order valence-electron chi connectivity index (χ0n) is 12.2. The molecule has 3 aliphatic rings. The van der Waals surface area contributed by atoms with E-state index in [4.69, 9.17) is 9.84 Å². The maximum absolute atomic E-state index is 12.4. The average molecular weight is 310 g/mol. The summed E-state index contributed by atoms with van der Waals surface area (Å²) in [6.07, 6.45) is 0.997. The number of carboxylic acid groups (broad SMARTS) is 1. The normalized spacial score (nSPS) is 32.5. The minimum absolute atomic E-state index is 0.0472. The number of hydrogen-bond donors (Lipinski definition) is 1. The van der Waals surface area contributed by atoms with Crippen molar-refractivity contribution >= 4 is 23.7 Å². The molecule has 0 aromatic carbocycles. The van der Waals surface area contributed by atoms with Gasteiger partial charge in [0.05, 0.1) is 30.5 Å². The largest absolute Gasteiger partial charge is 0.481 e. The van der Waals surface area contributed by atoms with Crippen LogP contribution in [0.15, 0.2) is 0 Å². The fourth-order valence-electron chi connectivity index (χ4n) is 3.57. The van der Waals surface area contributed by atoms with E-state index in [0.29, 0.717) is 0 Å². The number of aliphatic carboxylic acids is 1. The lowest BCUT2D eigenvalue weighted by molar-refractivity contribution is -0.148. The summed E-state index contributed by atoms with van der Waals surface area (Å²) >= 11 is 0. The van der Waals surface area contributed by atoms with Gasteiger partial charge in [0.25, 0.3) is 0 Å². The number of likely N-dealkylation sites (N-methyl/N-ethyl adjacent to an activating group) is 1. The Hall–Kier alpha value is -1.96. The Labute approximate surface area is 127 Å². The first kappa shape index (κ1) is 15.0. The van der Waals surface area contributed by atoms with Crippen LogP contribution in [0, 0.1) is 11.8 Å². The van der Waals surface area contributed by atoms with E-state index in [-0.39, 0.29) is 43.5 Å². The molecule has 8 nitrogen and oxygen atoms in total. The van der Waals surface area contributed by atoms with Gasteiger partial charge in [0, 0.05) is 13.6 Å². The standard InChI is InChI=1S/C14H18N2O6/c1-15(5-4-10(18)19)9(17)6-16-13(20)11-7-2-3-8(22-7)12(11)14(16)21/h7-8,11-12H,2-6H2,1H3,(H,18,19). The van der Waals surface area contributed by atoms with Crippen molar-refractivity contribution in [2.45, 2.75) is 31.5 Å². The topological polar surface area (TPSA) is 104 Å². The fourth-order valence-corrected chi connectivity index (χ4v) is 3.57. The van der Waals surface area contributed by atoms with E-state index in [1.807, 2.05) is 0 Å². The molecule has 1 N–H and O–H groups in total. The van der Waals surface area contributed by atoms with Crippen LogP contribution in [0.3, 0.4) is 0 Å². The number of imide groups is 1. The van der Waals surface area contributed by atoms with Crippen LogP contribution in [0.4, 0.5) is 0 Å². The van der Waals surface area contributed by atoms with Gasteiger partial charge < -0.3 is 14.7 Å². The second-order valence-electron chi connectivity index (χ2n) is 6.06.